The number of hydrogen-bond donors (Lipinski definition) is 1. The summed E-state index contributed by atoms with van der Waals surface area (Å²) in [6, 6.07) is 13.2. The van der Waals surface area contributed by atoms with Crippen LogP contribution in [-0.4, -0.2) is 31.1 Å². The van der Waals surface area contributed by atoms with E-state index >= 15 is 0 Å². The topological polar surface area (TPSA) is 72.8 Å². The Morgan fingerprint density at radius 3 is 2.21 bits per heavy atom. The van der Waals surface area contributed by atoms with Crippen molar-refractivity contribution in [3.05, 3.63) is 77.2 Å². The van der Waals surface area contributed by atoms with Crippen LogP contribution in [0.2, 0.25) is 0 Å². The molecule has 0 amide bonds. The molecule has 0 aliphatic carbocycles. The standard InChI is InChI=1S/C22H18O5S/c1-13(21(23)14-6-8-15(9-7-14)22(24)25)20-17(19-5-4-10-28-19)11-16(26-2)12-18(20)27-3/h4-12H,1H2,2-3H3,(H,24,25). The maximum Gasteiger partial charge on any atom is 0.335 e. The molecule has 1 aromatic heterocycles. The third kappa shape index (κ3) is 3.68. The molecule has 0 saturated carbocycles. The molecule has 0 radical (unpaired) electrons. The smallest absolute Gasteiger partial charge is 0.335 e. The van der Waals surface area contributed by atoms with Crippen LogP contribution in [0, 0.1) is 0 Å². The summed E-state index contributed by atoms with van der Waals surface area (Å²) in [5.74, 6) is -0.272. The quantitative estimate of drug-likeness (QED) is 0.450. The molecular formula is C22H18O5S. The van der Waals surface area contributed by atoms with Gasteiger partial charge in [0.05, 0.1) is 19.8 Å². The van der Waals surface area contributed by atoms with Gasteiger partial charge in [0.25, 0.3) is 0 Å². The maximum atomic E-state index is 13.0. The zero-order chi connectivity index (χ0) is 20.3. The second-order valence-corrected chi connectivity index (χ2v) is 6.87. The number of Topliss-reactive ketones (excluding diaryl/α,β-unsaturated/α-hetero) is 1. The minimum Gasteiger partial charge on any atom is -0.497 e. The molecule has 142 valence electrons. The molecular weight excluding hydrogens is 376 g/mol. The van der Waals surface area contributed by atoms with Crippen molar-refractivity contribution in [1.82, 2.24) is 0 Å². The lowest BCUT2D eigenvalue weighted by atomic mass is 9.92. The van der Waals surface area contributed by atoms with Crippen molar-refractivity contribution in [2.24, 2.45) is 0 Å². The van der Waals surface area contributed by atoms with Crippen molar-refractivity contribution in [3.63, 3.8) is 0 Å². The van der Waals surface area contributed by atoms with Gasteiger partial charge >= 0.3 is 5.97 Å². The lowest BCUT2D eigenvalue weighted by Gasteiger charge is -2.17. The minimum absolute atomic E-state index is 0.114. The van der Waals surface area contributed by atoms with Gasteiger partial charge in [-0.25, -0.2) is 4.79 Å². The first-order valence-electron chi connectivity index (χ1n) is 8.33. The van der Waals surface area contributed by atoms with E-state index in [-0.39, 0.29) is 16.9 Å². The number of allylic oxidation sites excluding steroid dienone is 1. The number of carbonyl (C=O) groups excluding carboxylic acids is 1. The number of carboxylic acid groups (broad SMARTS) is 1. The van der Waals surface area contributed by atoms with Gasteiger partial charge in [0.1, 0.15) is 11.5 Å². The molecule has 28 heavy (non-hydrogen) atoms. The van der Waals surface area contributed by atoms with Crippen molar-refractivity contribution in [3.8, 4) is 21.9 Å². The van der Waals surface area contributed by atoms with Gasteiger partial charge < -0.3 is 14.6 Å². The van der Waals surface area contributed by atoms with Crippen LogP contribution in [0.25, 0.3) is 16.0 Å². The Morgan fingerprint density at radius 1 is 1.00 bits per heavy atom. The number of hydrogen-bond acceptors (Lipinski definition) is 5. The number of ether oxygens (including phenoxy) is 2. The Bertz CT molecular complexity index is 1030. The van der Waals surface area contributed by atoms with Crippen LogP contribution < -0.4 is 9.47 Å². The van der Waals surface area contributed by atoms with E-state index in [0.29, 0.717) is 22.6 Å². The average molecular weight is 394 g/mol. The van der Waals surface area contributed by atoms with Crippen LogP contribution in [-0.2, 0) is 0 Å². The van der Waals surface area contributed by atoms with Gasteiger partial charge in [0, 0.05) is 33.2 Å². The molecule has 0 aliphatic rings. The normalized spacial score (nSPS) is 10.4. The number of aromatic carboxylic acids is 1. The third-order valence-corrected chi connectivity index (χ3v) is 5.19. The largest absolute Gasteiger partial charge is 0.497 e. The first kappa shape index (κ1) is 19.4. The summed E-state index contributed by atoms with van der Waals surface area (Å²) in [5.41, 5.74) is 2.09. The Balaban J connectivity index is 2.09. The zero-order valence-corrected chi connectivity index (χ0v) is 16.2. The number of thiophene rings is 1. The number of carboxylic acids is 1. The molecule has 0 spiro atoms. The SMILES string of the molecule is C=C(C(=O)c1ccc(C(=O)O)cc1)c1c(OC)cc(OC)cc1-c1cccs1. The van der Waals surface area contributed by atoms with Gasteiger partial charge in [-0.05, 0) is 29.6 Å². The van der Waals surface area contributed by atoms with Crippen LogP contribution in [0.4, 0.5) is 0 Å². The van der Waals surface area contributed by atoms with Crippen LogP contribution in [0.1, 0.15) is 26.3 Å². The molecule has 6 heteroatoms. The van der Waals surface area contributed by atoms with Gasteiger partial charge in [-0.15, -0.1) is 11.3 Å². The summed E-state index contributed by atoms with van der Waals surface area (Å²) in [5, 5.41) is 11.0. The fourth-order valence-corrected chi connectivity index (χ4v) is 3.61. The highest BCUT2D eigenvalue weighted by Gasteiger charge is 2.22. The van der Waals surface area contributed by atoms with Gasteiger partial charge in [0.15, 0.2) is 5.78 Å². The Labute approximate surface area is 166 Å². The fourth-order valence-electron chi connectivity index (χ4n) is 2.86. The highest BCUT2D eigenvalue weighted by atomic mass is 32.1. The Kier molecular flexibility index (Phi) is 5.61. The molecule has 3 aromatic rings. The summed E-state index contributed by atoms with van der Waals surface area (Å²) in [6.07, 6.45) is 0. The number of methoxy groups -OCH3 is 2. The van der Waals surface area contributed by atoms with Gasteiger partial charge in [-0.3, -0.25) is 4.79 Å². The molecule has 0 atom stereocenters. The van der Waals surface area contributed by atoms with Crippen molar-refractivity contribution in [2.45, 2.75) is 0 Å². The zero-order valence-electron chi connectivity index (χ0n) is 15.4. The van der Waals surface area contributed by atoms with Crippen molar-refractivity contribution >= 4 is 28.7 Å². The van der Waals surface area contributed by atoms with Crippen LogP contribution in [0.3, 0.4) is 0 Å². The highest BCUT2D eigenvalue weighted by molar-refractivity contribution is 7.13. The second-order valence-electron chi connectivity index (χ2n) is 5.92. The maximum absolute atomic E-state index is 13.0. The predicted octanol–water partition coefficient (Wildman–Crippen LogP) is 5.03. The minimum atomic E-state index is -1.05. The first-order valence-corrected chi connectivity index (χ1v) is 9.21. The van der Waals surface area contributed by atoms with Crippen LogP contribution >= 0.6 is 11.3 Å². The van der Waals surface area contributed by atoms with E-state index in [1.807, 2.05) is 23.6 Å². The number of ketones is 1. The van der Waals surface area contributed by atoms with Gasteiger partial charge in [-0.2, -0.15) is 0 Å². The van der Waals surface area contributed by atoms with Crippen molar-refractivity contribution in [1.29, 1.82) is 0 Å². The molecule has 0 unspecified atom stereocenters. The summed E-state index contributed by atoms with van der Waals surface area (Å²) >= 11 is 1.53. The van der Waals surface area contributed by atoms with E-state index in [2.05, 4.69) is 6.58 Å². The number of rotatable bonds is 7. The summed E-state index contributed by atoms with van der Waals surface area (Å²) in [4.78, 5) is 25.0. The molecule has 1 heterocycles. The monoisotopic (exact) mass is 394 g/mol. The number of benzene rings is 2. The molecule has 5 nitrogen and oxygen atoms in total. The number of carbonyl (C=O) groups is 2. The second kappa shape index (κ2) is 8.10. The molecule has 0 bridgehead atoms. The molecule has 1 N–H and O–H groups in total. The van der Waals surface area contributed by atoms with E-state index in [0.717, 1.165) is 10.4 Å². The molecule has 0 aliphatic heterocycles. The van der Waals surface area contributed by atoms with E-state index in [4.69, 9.17) is 14.6 Å². The van der Waals surface area contributed by atoms with E-state index in [1.165, 1.54) is 42.7 Å². The lowest BCUT2D eigenvalue weighted by Crippen LogP contribution is -2.06. The van der Waals surface area contributed by atoms with Crippen molar-refractivity contribution < 1.29 is 24.2 Å². The summed E-state index contributed by atoms with van der Waals surface area (Å²) in [7, 11) is 3.09. The van der Waals surface area contributed by atoms with Crippen LogP contribution in [0.15, 0.2) is 60.5 Å². The van der Waals surface area contributed by atoms with Crippen molar-refractivity contribution in [2.75, 3.05) is 14.2 Å². The molecule has 0 fully saturated rings. The average Bonchev–Trinajstić information content (AvgIpc) is 3.26. The predicted molar refractivity (Wildman–Crippen MR) is 110 cm³/mol. The molecule has 2 aromatic carbocycles. The summed E-state index contributed by atoms with van der Waals surface area (Å²) in [6.45, 7) is 4.01. The molecule has 3 rings (SSSR count). The lowest BCUT2D eigenvalue weighted by molar-refractivity contribution is 0.0696. The van der Waals surface area contributed by atoms with E-state index < -0.39 is 5.97 Å². The Hall–Kier alpha value is -3.38. The fraction of sp³-hybridized carbons (Fsp3) is 0.0909. The first-order chi connectivity index (χ1) is 13.5. The highest BCUT2D eigenvalue weighted by Crippen LogP contribution is 2.41. The van der Waals surface area contributed by atoms with Crippen LogP contribution in [0.5, 0.6) is 11.5 Å². The van der Waals surface area contributed by atoms with E-state index in [1.54, 1.807) is 13.2 Å². The third-order valence-electron chi connectivity index (χ3n) is 4.29. The summed E-state index contributed by atoms with van der Waals surface area (Å²) < 4.78 is 10.9. The van der Waals surface area contributed by atoms with Gasteiger partial charge in [-0.1, -0.05) is 24.8 Å². The van der Waals surface area contributed by atoms with Gasteiger partial charge in [0.2, 0.25) is 0 Å². The Morgan fingerprint density at radius 2 is 1.68 bits per heavy atom. The van der Waals surface area contributed by atoms with E-state index in [9.17, 15) is 9.59 Å². The molecule has 0 saturated heterocycles.